The molecule has 10 rings (SSSR count). The highest BCUT2D eigenvalue weighted by molar-refractivity contribution is 6.10. The van der Waals surface area contributed by atoms with E-state index in [1.807, 2.05) is 18.2 Å². The minimum Gasteiger partial charge on any atom is -0.313 e. The van der Waals surface area contributed by atoms with Crippen molar-refractivity contribution in [3.05, 3.63) is 211 Å². The molecule has 0 N–H and O–H groups in total. The van der Waals surface area contributed by atoms with Crippen molar-refractivity contribution in [2.24, 2.45) is 0 Å². The topological polar surface area (TPSA) is 38.9 Å². The molecular formula is C54H43N5. The molecule has 3 aromatic heterocycles. The predicted molar refractivity (Wildman–Crippen MR) is 248 cm³/mol. The Morgan fingerprint density at radius 1 is 0.627 bits per heavy atom. The molecule has 59 heavy (non-hydrogen) atoms. The van der Waals surface area contributed by atoms with Gasteiger partial charge in [0.25, 0.3) is 0 Å². The standard InChI is InChI=1S/C54H43N5/c1-3-5-22-41(4-2)57(42-23-12-7-13-24-42)52-37-53(56-54(55-52)38-20-10-6-11-21-38)59-49-30-19-18-28-45(49)47-36-40(32-34-51(47)59)39-31-33-50-46(35-39)44-27-16-9-17-29-48(44)58(50)43-25-14-8-15-26-43/h4-28,30-37H,3,29H2,1-2H3/b22-5-,41-4+. The van der Waals surface area contributed by atoms with Gasteiger partial charge in [0.05, 0.1) is 16.6 Å². The van der Waals surface area contributed by atoms with Crippen molar-refractivity contribution in [3.8, 4) is 34.0 Å². The monoisotopic (exact) mass is 761 g/mol. The molecule has 5 heteroatoms. The van der Waals surface area contributed by atoms with Gasteiger partial charge < -0.3 is 4.57 Å². The van der Waals surface area contributed by atoms with Gasteiger partial charge in [0.1, 0.15) is 11.6 Å². The van der Waals surface area contributed by atoms with Gasteiger partial charge in [0.2, 0.25) is 0 Å². The summed E-state index contributed by atoms with van der Waals surface area (Å²) >= 11 is 0. The molecule has 6 aromatic carbocycles. The van der Waals surface area contributed by atoms with E-state index in [2.05, 4.69) is 210 Å². The number of fused-ring (bicyclic) bond motifs is 6. The third-order valence-electron chi connectivity index (χ3n) is 11.2. The van der Waals surface area contributed by atoms with Crippen LogP contribution in [0.2, 0.25) is 0 Å². The first kappa shape index (κ1) is 35.9. The van der Waals surface area contributed by atoms with Crippen LogP contribution in [-0.2, 0) is 6.42 Å². The van der Waals surface area contributed by atoms with Crippen LogP contribution in [0.5, 0.6) is 0 Å². The van der Waals surface area contributed by atoms with Gasteiger partial charge >= 0.3 is 0 Å². The maximum Gasteiger partial charge on any atom is 0.163 e. The summed E-state index contributed by atoms with van der Waals surface area (Å²) in [6.45, 7) is 4.24. The largest absolute Gasteiger partial charge is 0.313 e. The van der Waals surface area contributed by atoms with E-state index >= 15 is 0 Å². The Bertz CT molecular complexity index is 3110. The predicted octanol–water partition coefficient (Wildman–Crippen LogP) is 14.0. The van der Waals surface area contributed by atoms with Gasteiger partial charge in [-0.2, -0.15) is 0 Å². The minimum atomic E-state index is 0.663. The van der Waals surface area contributed by atoms with Crippen LogP contribution in [0.25, 0.3) is 72.8 Å². The Morgan fingerprint density at radius 3 is 2.03 bits per heavy atom. The molecule has 0 bridgehead atoms. The number of aromatic nitrogens is 4. The van der Waals surface area contributed by atoms with Crippen LogP contribution in [-0.4, -0.2) is 19.1 Å². The molecule has 0 unspecified atom stereocenters. The van der Waals surface area contributed by atoms with Crippen molar-refractivity contribution in [1.29, 1.82) is 0 Å². The maximum atomic E-state index is 5.33. The molecule has 0 radical (unpaired) electrons. The molecule has 0 aliphatic heterocycles. The Balaban J connectivity index is 1.17. The number of allylic oxidation sites excluding steroid dienone is 6. The van der Waals surface area contributed by atoms with Crippen molar-refractivity contribution in [1.82, 2.24) is 19.1 Å². The Kier molecular flexibility index (Phi) is 9.39. The van der Waals surface area contributed by atoms with E-state index in [0.717, 1.165) is 52.5 Å². The second-order valence-corrected chi connectivity index (χ2v) is 14.8. The molecule has 3 heterocycles. The van der Waals surface area contributed by atoms with E-state index < -0.39 is 0 Å². The second kappa shape index (κ2) is 15.4. The van der Waals surface area contributed by atoms with Gasteiger partial charge in [0.15, 0.2) is 5.82 Å². The Labute approximate surface area is 344 Å². The molecule has 5 nitrogen and oxygen atoms in total. The molecule has 0 amide bonds. The molecule has 0 spiro atoms. The van der Waals surface area contributed by atoms with Crippen molar-refractivity contribution in [3.63, 3.8) is 0 Å². The number of hydrogen-bond acceptors (Lipinski definition) is 3. The summed E-state index contributed by atoms with van der Waals surface area (Å²) in [4.78, 5) is 12.8. The third-order valence-corrected chi connectivity index (χ3v) is 11.2. The van der Waals surface area contributed by atoms with Gasteiger partial charge in [-0.05, 0) is 85.1 Å². The molecule has 284 valence electrons. The molecule has 0 fully saturated rings. The maximum absolute atomic E-state index is 5.33. The number of hydrogen-bond donors (Lipinski definition) is 0. The second-order valence-electron chi connectivity index (χ2n) is 14.8. The van der Waals surface area contributed by atoms with Crippen LogP contribution >= 0.6 is 0 Å². The molecule has 0 saturated carbocycles. The Morgan fingerprint density at radius 2 is 1.29 bits per heavy atom. The molecule has 0 atom stereocenters. The van der Waals surface area contributed by atoms with Crippen molar-refractivity contribution in [2.45, 2.75) is 26.7 Å². The summed E-state index contributed by atoms with van der Waals surface area (Å²) in [6.07, 6.45) is 17.1. The van der Waals surface area contributed by atoms with Crippen LogP contribution in [0.4, 0.5) is 11.5 Å². The highest BCUT2D eigenvalue weighted by atomic mass is 15.2. The van der Waals surface area contributed by atoms with Crippen molar-refractivity contribution >= 4 is 50.3 Å². The van der Waals surface area contributed by atoms with E-state index in [-0.39, 0.29) is 0 Å². The van der Waals surface area contributed by atoms with Gasteiger partial charge in [-0.1, -0.05) is 140 Å². The lowest BCUT2D eigenvalue weighted by molar-refractivity contribution is 1.00. The number of rotatable bonds is 9. The van der Waals surface area contributed by atoms with Crippen LogP contribution in [0.1, 0.15) is 31.5 Å². The van der Waals surface area contributed by atoms with Crippen LogP contribution in [0.3, 0.4) is 0 Å². The fourth-order valence-electron chi connectivity index (χ4n) is 8.51. The third kappa shape index (κ3) is 6.47. The molecule has 1 aliphatic rings. The first-order valence-electron chi connectivity index (χ1n) is 20.4. The lowest BCUT2D eigenvalue weighted by atomic mass is 10.00. The normalized spacial score (nSPS) is 12.8. The Hall–Kier alpha value is -7.50. The van der Waals surface area contributed by atoms with E-state index in [1.54, 1.807) is 0 Å². The molecule has 9 aromatic rings. The summed E-state index contributed by atoms with van der Waals surface area (Å²) < 4.78 is 4.72. The van der Waals surface area contributed by atoms with E-state index in [1.165, 1.54) is 49.7 Å². The number of anilines is 2. The lowest BCUT2D eigenvalue weighted by Gasteiger charge is -2.26. The zero-order valence-electron chi connectivity index (χ0n) is 33.2. The summed E-state index contributed by atoms with van der Waals surface area (Å²) in [5.74, 6) is 2.25. The zero-order chi connectivity index (χ0) is 39.7. The van der Waals surface area contributed by atoms with Gasteiger partial charge in [-0.3, -0.25) is 9.47 Å². The summed E-state index contributed by atoms with van der Waals surface area (Å²) in [5.41, 5.74) is 12.5. The summed E-state index contributed by atoms with van der Waals surface area (Å²) in [5, 5.41) is 3.59. The first-order chi connectivity index (χ1) is 29.2. The van der Waals surface area contributed by atoms with Gasteiger partial charge in [0, 0.05) is 62.5 Å². The number of para-hydroxylation sites is 3. The highest BCUT2D eigenvalue weighted by Gasteiger charge is 2.22. The molecule has 1 aliphatic carbocycles. The lowest BCUT2D eigenvalue weighted by Crippen LogP contribution is -2.18. The fraction of sp³-hybridized carbons (Fsp3) is 0.0741. The average Bonchev–Trinajstić information content (AvgIpc) is 3.67. The van der Waals surface area contributed by atoms with E-state index in [4.69, 9.17) is 9.97 Å². The van der Waals surface area contributed by atoms with Crippen LogP contribution in [0.15, 0.2) is 200 Å². The van der Waals surface area contributed by atoms with Crippen molar-refractivity contribution in [2.75, 3.05) is 4.90 Å². The quantitative estimate of drug-likeness (QED) is 0.138. The summed E-state index contributed by atoms with van der Waals surface area (Å²) in [6, 6.07) is 56.0. The smallest absolute Gasteiger partial charge is 0.163 e. The molecular weight excluding hydrogens is 719 g/mol. The van der Waals surface area contributed by atoms with E-state index in [0.29, 0.717) is 5.82 Å². The van der Waals surface area contributed by atoms with Crippen molar-refractivity contribution < 1.29 is 0 Å². The fourth-order valence-corrected chi connectivity index (χ4v) is 8.51. The highest BCUT2D eigenvalue weighted by Crippen LogP contribution is 2.40. The SMILES string of the molecule is C/C=C(\C=C/CC)N(c1ccccc1)c1cc(-n2c3ccccc3c3cc(-c4ccc5c(c4)c4c(n5-c5ccccc5)CC=CC=C4)ccc32)nc(-c2ccccc2)n1. The first-order valence-corrected chi connectivity index (χ1v) is 20.4. The average molecular weight is 762 g/mol. The summed E-state index contributed by atoms with van der Waals surface area (Å²) in [7, 11) is 0. The van der Waals surface area contributed by atoms with Gasteiger partial charge in [-0.25, -0.2) is 9.97 Å². The van der Waals surface area contributed by atoms with Crippen LogP contribution in [0, 0.1) is 0 Å². The van der Waals surface area contributed by atoms with Crippen LogP contribution < -0.4 is 4.90 Å². The van der Waals surface area contributed by atoms with E-state index in [9.17, 15) is 0 Å². The number of benzene rings is 6. The molecule has 0 saturated heterocycles. The minimum absolute atomic E-state index is 0.663. The number of nitrogens with zero attached hydrogens (tertiary/aromatic N) is 5. The zero-order valence-corrected chi connectivity index (χ0v) is 33.2. The van der Waals surface area contributed by atoms with Gasteiger partial charge in [-0.15, -0.1) is 0 Å².